The van der Waals surface area contributed by atoms with E-state index in [1.807, 2.05) is 18.2 Å². The van der Waals surface area contributed by atoms with Gasteiger partial charge >= 0.3 is 19.8 Å². The second-order valence-corrected chi connectivity index (χ2v) is 13.8. The van der Waals surface area contributed by atoms with Crippen molar-refractivity contribution < 1.29 is 37.9 Å². The second-order valence-electron chi connectivity index (χ2n) is 12.6. The Labute approximate surface area is 315 Å². The van der Waals surface area contributed by atoms with Gasteiger partial charge in [0.2, 0.25) is 0 Å². The molecule has 0 aromatic rings. The molecule has 0 fully saturated rings. The maximum absolute atomic E-state index is 12.3. The van der Waals surface area contributed by atoms with Gasteiger partial charge < -0.3 is 19.3 Å². The first kappa shape index (κ1) is 49.0. The maximum atomic E-state index is 12.3. The quantitative estimate of drug-likeness (QED) is 0.0167. The van der Waals surface area contributed by atoms with Crippen LogP contribution in [0.3, 0.4) is 0 Å². The lowest BCUT2D eigenvalue weighted by molar-refractivity contribution is -0.159. The summed E-state index contributed by atoms with van der Waals surface area (Å²) in [6.45, 7) is 3.38. The molecule has 0 aliphatic carbocycles. The average molecular weight is 745 g/mol. The van der Waals surface area contributed by atoms with E-state index in [0.717, 1.165) is 51.4 Å². The maximum Gasteiger partial charge on any atom is 0.469 e. The Morgan fingerprint density at radius 3 is 1.56 bits per heavy atom. The van der Waals surface area contributed by atoms with Gasteiger partial charge in [0.25, 0.3) is 0 Å². The van der Waals surface area contributed by atoms with Gasteiger partial charge in [0, 0.05) is 12.5 Å². The molecular weight excluding hydrogens is 675 g/mol. The summed E-state index contributed by atoms with van der Waals surface area (Å²) in [6, 6.07) is 0. The van der Waals surface area contributed by atoms with Gasteiger partial charge in [0.15, 0.2) is 6.10 Å². The van der Waals surface area contributed by atoms with Crippen LogP contribution < -0.4 is 0 Å². The molecule has 9 heteroatoms. The largest absolute Gasteiger partial charge is 0.469 e. The van der Waals surface area contributed by atoms with Crippen molar-refractivity contribution in [1.29, 1.82) is 0 Å². The predicted molar refractivity (Wildman–Crippen MR) is 216 cm³/mol. The zero-order valence-corrected chi connectivity index (χ0v) is 33.1. The third-order valence-electron chi connectivity index (χ3n) is 7.70. The molecule has 0 aliphatic heterocycles. The van der Waals surface area contributed by atoms with Crippen LogP contribution >= 0.6 is 7.82 Å². The van der Waals surface area contributed by atoms with Crippen LogP contribution in [0.4, 0.5) is 0 Å². The van der Waals surface area contributed by atoms with E-state index in [9.17, 15) is 14.2 Å². The Kier molecular flexibility index (Phi) is 35.5. The fourth-order valence-corrected chi connectivity index (χ4v) is 5.20. The number of ether oxygens (including phenoxy) is 2. The number of unbranched alkanes of at least 4 members (excludes halogenated alkanes) is 11. The molecule has 0 unspecified atom stereocenters. The number of hydrogen-bond acceptors (Lipinski definition) is 6. The van der Waals surface area contributed by atoms with Crippen LogP contribution in [0.5, 0.6) is 0 Å². The third kappa shape index (κ3) is 39.8. The van der Waals surface area contributed by atoms with E-state index in [0.29, 0.717) is 6.42 Å². The first-order valence-electron chi connectivity index (χ1n) is 19.6. The smallest absolute Gasteiger partial charge is 0.458 e. The zero-order chi connectivity index (χ0) is 38.2. The van der Waals surface area contributed by atoms with E-state index in [1.165, 1.54) is 70.3 Å². The monoisotopic (exact) mass is 744 g/mol. The zero-order valence-electron chi connectivity index (χ0n) is 32.2. The molecule has 294 valence electrons. The lowest BCUT2D eigenvalue weighted by atomic mass is 10.1. The molecule has 0 rings (SSSR count). The standard InChI is InChI=1S/C43H69O8P/c1-3-5-7-9-11-13-15-17-19-20-21-22-24-26-28-30-32-34-36-38-43(45)51-41(40-50-52(46,47)48)39-49-42(44)37-35-33-31-29-27-25-23-18-16-14-12-10-8-6-4-2/h5,7,11,13,17,19,21-22,26,28,31-35,37,41H,3-4,6,8-10,12,14-16,18,20,23-25,27,29-30,36,38-40H2,1-2H3,(H2,46,47,48)/b7-5+,13-11+,19-17+,22-21+,28-26+,33-31+,34-32+,37-35+/t41-/m1/s1. The molecule has 0 heterocycles. The molecule has 2 N–H and O–H groups in total. The number of carbonyl (C=O) groups excluding carboxylic acids is 2. The van der Waals surface area contributed by atoms with Crippen molar-refractivity contribution in [3.05, 3.63) is 97.2 Å². The molecule has 52 heavy (non-hydrogen) atoms. The molecule has 0 saturated carbocycles. The van der Waals surface area contributed by atoms with Crippen LogP contribution in [0.2, 0.25) is 0 Å². The fraction of sp³-hybridized carbons (Fsp3) is 0.581. The highest BCUT2D eigenvalue weighted by molar-refractivity contribution is 7.46. The summed E-state index contributed by atoms with van der Waals surface area (Å²) in [5.74, 6) is -1.25. The van der Waals surface area contributed by atoms with Gasteiger partial charge in [-0.05, 0) is 57.8 Å². The van der Waals surface area contributed by atoms with Crippen LogP contribution in [-0.4, -0.2) is 41.0 Å². The van der Waals surface area contributed by atoms with Crippen LogP contribution in [0, 0.1) is 0 Å². The van der Waals surface area contributed by atoms with Crippen LogP contribution in [0.1, 0.15) is 142 Å². The summed E-state index contributed by atoms with van der Waals surface area (Å²) in [6.07, 6.45) is 52.0. The number of carbonyl (C=O) groups is 2. The van der Waals surface area contributed by atoms with Crippen molar-refractivity contribution in [3.8, 4) is 0 Å². The highest BCUT2D eigenvalue weighted by Gasteiger charge is 2.22. The lowest BCUT2D eigenvalue weighted by Crippen LogP contribution is -2.29. The number of esters is 2. The summed E-state index contributed by atoms with van der Waals surface area (Å²) in [7, 11) is -4.80. The average Bonchev–Trinajstić information content (AvgIpc) is 3.11. The Morgan fingerprint density at radius 2 is 1.06 bits per heavy atom. The van der Waals surface area contributed by atoms with Gasteiger partial charge in [-0.2, -0.15) is 0 Å². The summed E-state index contributed by atoms with van der Waals surface area (Å²) in [5, 5.41) is 0. The molecule has 0 aliphatic rings. The minimum atomic E-state index is -4.80. The third-order valence-corrected chi connectivity index (χ3v) is 8.19. The van der Waals surface area contributed by atoms with Crippen LogP contribution in [0.25, 0.3) is 0 Å². The van der Waals surface area contributed by atoms with Crippen molar-refractivity contribution in [2.45, 2.75) is 148 Å². The number of allylic oxidation sites excluding steroid dienone is 15. The molecule has 0 spiro atoms. The lowest BCUT2D eigenvalue weighted by Gasteiger charge is -2.17. The first-order valence-corrected chi connectivity index (χ1v) is 21.1. The van der Waals surface area contributed by atoms with Gasteiger partial charge in [-0.15, -0.1) is 0 Å². The Balaban J connectivity index is 4.21. The first-order chi connectivity index (χ1) is 25.3. The molecule has 1 atom stereocenters. The molecule has 8 nitrogen and oxygen atoms in total. The molecule has 0 bridgehead atoms. The summed E-state index contributed by atoms with van der Waals surface area (Å²) < 4.78 is 26.1. The topological polar surface area (TPSA) is 119 Å². The van der Waals surface area contributed by atoms with Gasteiger partial charge in [-0.1, -0.05) is 169 Å². The van der Waals surface area contributed by atoms with Crippen molar-refractivity contribution in [1.82, 2.24) is 0 Å². The van der Waals surface area contributed by atoms with E-state index in [-0.39, 0.29) is 6.42 Å². The minimum absolute atomic E-state index is 0.0619. The summed E-state index contributed by atoms with van der Waals surface area (Å²) >= 11 is 0. The second kappa shape index (κ2) is 37.7. The highest BCUT2D eigenvalue weighted by Crippen LogP contribution is 2.35. The minimum Gasteiger partial charge on any atom is -0.458 e. The summed E-state index contributed by atoms with van der Waals surface area (Å²) in [5.41, 5.74) is 0. The van der Waals surface area contributed by atoms with Crippen molar-refractivity contribution >= 4 is 19.8 Å². The number of phosphoric acid groups is 1. The van der Waals surface area contributed by atoms with Crippen LogP contribution in [-0.2, 0) is 28.2 Å². The number of rotatable bonds is 34. The molecule has 0 aromatic heterocycles. The van der Waals surface area contributed by atoms with Crippen molar-refractivity contribution in [2.24, 2.45) is 0 Å². The Bertz CT molecular complexity index is 1160. The number of phosphoric ester groups is 1. The fourth-order valence-electron chi connectivity index (χ4n) is 4.84. The Morgan fingerprint density at radius 1 is 0.577 bits per heavy atom. The van der Waals surface area contributed by atoms with Crippen molar-refractivity contribution in [3.63, 3.8) is 0 Å². The van der Waals surface area contributed by atoms with Gasteiger partial charge in [-0.25, -0.2) is 9.36 Å². The van der Waals surface area contributed by atoms with Gasteiger partial charge in [0.05, 0.1) is 6.61 Å². The predicted octanol–water partition coefficient (Wildman–Crippen LogP) is 11.8. The molecule has 0 radical (unpaired) electrons. The van der Waals surface area contributed by atoms with E-state index in [2.05, 4.69) is 79.1 Å². The van der Waals surface area contributed by atoms with Crippen LogP contribution in [0.15, 0.2) is 97.2 Å². The molecule has 0 amide bonds. The molecule has 0 saturated heterocycles. The van der Waals surface area contributed by atoms with E-state index >= 15 is 0 Å². The normalized spacial score (nSPS) is 13.5. The van der Waals surface area contributed by atoms with Crippen molar-refractivity contribution in [2.75, 3.05) is 13.2 Å². The van der Waals surface area contributed by atoms with E-state index < -0.39 is 39.1 Å². The number of hydrogen-bond donors (Lipinski definition) is 2. The summed E-state index contributed by atoms with van der Waals surface area (Å²) in [4.78, 5) is 42.6. The van der Waals surface area contributed by atoms with E-state index in [1.54, 1.807) is 12.2 Å². The Hall–Kier alpha value is -3.03. The highest BCUT2D eigenvalue weighted by atomic mass is 31.2. The molecular formula is C43H69O8P. The van der Waals surface area contributed by atoms with Gasteiger partial charge in [-0.3, -0.25) is 9.32 Å². The SMILES string of the molecule is CC/C=C/C/C=C/C/C=C/C/C=C/C/C=C/C/C=C/CCC(=O)O[C@H](COC(=O)/C=C/C=C/CCCCCCCCCCCCC)COP(=O)(O)O. The molecule has 0 aromatic carbocycles. The van der Waals surface area contributed by atoms with Gasteiger partial charge in [0.1, 0.15) is 6.61 Å². The van der Waals surface area contributed by atoms with E-state index in [4.69, 9.17) is 19.3 Å².